The summed E-state index contributed by atoms with van der Waals surface area (Å²) in [7, 11) is -3.99. The summed E-state index contributed by atoms with van der Waals surface area (Å²) in [6.45, 7) is 2.84. The lowest BCUT2D eigenvalue weighted by molar-refractivity contribution is -0.114. The van der Waals surface area contributed by atoms with Crippen LogP contribution in [0, 0.1) is 0 Å². The number of para-hydroxylation sites is 2. The number of nitrogens with one attached hydrogen (secondary N) is 2. The molecule has 2 aromatic rings. The van der Waals surface area contributed by atoms with E-state index >= 15 is 0 Å². The molecular weight excluding hydrogens is 432 g/mol. The van der Waals surface area contributed by atoms with Crippen LogP contribution in [-0.2, 0) is 24.2 Å². The van der Waals surface area contributed by atoms with Gasteiger partial charge in [-0.15, -0.1) is 10.2 Å². The quantitative estimate of drug-likeness (QED) is 0.585. The molecule has 2 heterocycles. The van der Waals surface area contributed by atoms with Crippen molar-refractivity contribution in [2.75, 3.05) is 35.4 Å². The number of carbonyl (C=O) groups excluding carboxylic acids is 2. The summed E-state index contributed by atoms with van der Waals surface area (Å²) < 4.78 is 35.4. The lowest BCUT2D eigenvalue weighted by atomic mass is 10.2. The topological polar surface area (TPSA) is 137 Å². The molecule has 3 rings (SSSR count). The van der Waals surface area contributed by atoms with Gasteiger partial charge in [0.25, 0.3) is 0 Å². The summed E-state index contributed by atoms with van der Waals surface area (Å²) in [5.74, 6) is -2.79. The van der Waals surface area contributed by atoms with E-state index in [0.29, 0.717) is 29.7 Å². The van der Waals surface area contributed by atoms with Crippen LogP contribution in [0.5, 0.6) is 5.75 Å². The lowest BCUT2D eigenvalue weighted by Crippen LogP contribution is -2.30. The zero-order valence-electron chi connectivity index (χ0n) is 16.3. The van der Waals surface area contributed by atoms with E-state index < -0.39 is 33.2 Å². The van der Waals surface area contributed by atoms with Gasteiger partial charge in [0.2, 0.25) is 16.9 Å². The fourth-order valence-corrected chi connectivity index (χ4v) is 4.72. The Kier molecular flexibility index (Phi) is 7.34. The first-order valence-electron chi connectivity index (χ1n) is 9.33. The second-order valence-corrected chi connectivity index (χ2v) is 9.58. The Labute approximate surface area is 177 Å². The molecule has 30 heavy (non-hydrogen) atoms. The molecule has 0 spiro atoms. The number of nitrogens with zero attached hydrogens (tertiary/aromatic N) is 2. The molecule has 1 aliphatic heterocycles. The maximum absolute atomic E-state index is 12.3. The predicted octanol–water partition coefficient (Wildman–Crippen LogP) is 1.78. The van der Waals surface area contributed by atoms with Crippen molar-refractivity contribution in [2.45, 2.75) is 25.9 Å². The Morgan fingerprint density at radius 1 is 1.20 bits per heavy atom. The van der Waals surface area contributed by atoms with Crippen molar-refractivity contribution in [2.24, 2.45) is 0 Å². The van der Waals surface area contributed by atoms with Crippen LogP contribution >= 0.6 is 11.3 Å². The molecular formula is C18H22N4O6S2. The van der Waals surface area contributed by atoms with Gasteiger partial charge in [-0.05, 0) is 31.9 Å². The van der Waals surface area contributed by atoms with Crippen LogP contribution in [0.25, 0.3) is 0 Å². The van der Waals surface area contributed by atoms with Gasteiger partial charge in [0, 0.05) is 6.61 Å². The molecule has 1 aromatic heterocycles. The van der Waals surface area contributed by atoms with E-state index in [2.05, 4.69) is 20.8 Å². The minimum absolute atomic E-state index is 0.139. The summed E-state index contributed by atoms with van der Waals surface area (Å²) >= 11 is 1.14. The highest BCUT2D eigenvalue weighted by Gasteiger charge is 2.24. The number of sulfone groups is 1. The Hall–Kier alpha value is -2.57. The second kappa shape index (κ2) is 9.96. The van der Waals surface area contributed by atoms with E-state index in [-0.39, 0.29) is 11.2 Å². The van der Waals surface area contributed by atoms with E-state index in [1.165, 1.54) is 0 Å². The Morgan fingerprint density at radius 2 is 1.93 bits per heavy atom. The lowest BCUT2D eigenvalue weighted by Gasteiger charge is -2.11. The van der Waals surface area contributed by atoms with Gasteiger partial charge in [0.1, 0.15) is 28.4 Å². The molecule has 1 aliphatic rings. The van der Waals surface area contributed by atoms with Gasteiger partial charge in [-0.25, -0.2) is 8.42 Å². The number of benzene rings is 1. The number of hydrogen-bond acceptors (Lipinski definition) is 9. The van der Waals surface area contributed by atoms with Crippen LogP contribution in [-0.4, -0.2) is 55.1 Å². The molecule has 0 aliphatic carbocycles. The Bertz CT molecular complexity index is 1000. The smallest absolute Gasteiger partial charge is 0.241 e. The molecule has 1 saturated heterocycles. The van der Waals surface area contributed by atoms with E-state index in [4.69, 9.17) is 9.47 Å². The first kappa shape index (κ1) is 22.1. The second-order valence-electron chi connectivity index (χ2n) is 6.50. The minimum Gasteiger partial charge on any atom is -0.492 e. The average Bonchev–Trinajstić information content (AvgIpc) is 3.34. The molecule has 1 atom stereocenters. The molecule has 0 saturated carbocycles. The monoisotopic (exact) mass is 454 g/mol. The molecule has 1 unspecified atom stereocenters. The molecule has 1 fully saturated rings. The molecule has 12 heteroatoms. The first-order chi connectivity index (χ1) is 14.4. The largest absolute Gasteiger partial charge is 0.492 e. The number of amides is 2. The van der Waals surface area contributed by atoms with E-state index in [0.717, 1.165) is 24.2 Å². The Balaban J connectivity index is 1.53. The number of anilines is 2. The van der Waals surface area contributed by atoms with Crippen molar-refractivity contribution in [3.8, 4) is 5.75 Å². The van der Waals surface area contributed by atoms with Gasteiger partial charge >= 0.3 is 0 Å². The van der Waals surface area contributed by atoms with Crippen LogP contribution in [0.1, 0.15) is 30.9 Å². The Morgan fingerprint density at radius 3 is 2.63 bits per heavy atom. The van der Waals surface area contributed by atoms with Crippen molar-refractivity contribution in [1.29, 1.82) is 0 Å². The predicted molar refractivity (Wildman–Crippen MR) is 111 cm³/mol. The fraction of sp³-hybridized carbons (Fsp3) is 0.444. The zero-order chi connectivity index (χ0) is 21.6. The molecule has 162 valence electrons. The van der Waals surface area contributed by atoms with Crippen LogP contribution in [0.15, 0.2) is 24.3 Å². The maximum Gasteiger partial charge on any atom is 0.241 e. The van der Waals surface area contributed by atoms with Crippen molar-refractivity contribution >= 4 is 43.8 Å². The van der Waals surface area contributed by atoms with Crippen LogP contribution < -0.4 is 15.4 Å². The van der Waals surface area contributed by atoms with Gasteiger partial charge in [0.15, 0.2) is 9.84 Å². The average molecular weight is 455 g/mol. The van der Waals surface area contributed by atoms with Crippen molar-refractivity contribution in [3.63, 3.8) is 0 Å². The van der Waals surface area contributed by atoms with Crippen molar-refractivity contribution < 1.29 is 27.5 Å². The van der Waals surface area contributed by atoms with Crippen LogP contribution in [0.2, 0.25) is 0 Å². The maximum atomic E-state index is 12.3. The highest BCUT2D eigenvalue weighted by molar-refractivity contribution is 7.92. The zero-order valence-corrected chi connectivity index (χ0v) is 17.9. The number of carbonyl (C=O) groups is 2. The van der Waals surface area contributed by atoms with Gasteiger partial charge in [-0.2, -0.15) is 0 Å². The number of aromatic nitrogens is 2. The summed E-state index contributed by atoms with van der Waals surface area (Å²) in [5, 5.41) is 13.6. The van der Waals surface area contributed by atoms with Gasteiger partial charge in [0.05, 0.1) is 12.3 Å². The SMILES string of the molecule is CCOc1ccccc1NC(=O)CS(=O)(=O)CC(=O)Nc1nnc(C2CCCO2)s1. The van der Waals surface area contributed by atoms with Gasteiger partial charge in [-0.3, -0.25) is 14.9 Å². The number of rotatable bonds is 9. The first-order valence-corrected chi connectivity index (χ1v) is 12.0. The molecule has 1 aromatic carbocycles. The normalized spacial score (nSPS) is 16.2. The molecule has 0 bridgehead atoms. The molecule has 0 radical (unpaired) electrons. The third-order valence-corrected chi connectivity index (χ3v) is 6.39. The number of ether oxygens (including phenoxy) is 2. The van der Waals surface area contributed by atoms with Crippen molar-refractivity contribution in [1.82, 2.24) is 10.2 Å². The third-order valence-electron chi connectivity index (χ3n) is 4.06. The summed E-state index contributed by atoms with van der Waals surface area (Å²) in [6, 6.07) is 6.68. The highest BCUT2D eigenvalue weighted by Crippen LogP contribution is 2.31. The minimum atomic E-state index is -3.99. The molecule has 2 amide bonds. The van der Waals surface area contributed by atoms with E-state index in [1.54, 1.807) is 31.2 Å². The van der Waals surface area contributed by atoms with Crippen LogP contribution in [0.4, 0.5) is 10.8 Å². The highest BCUT2D eigenvalue weighted by atomic mass is 32.2. The number of hydrogen-bond donors (Lipinski definition) is 2. The summed E-state index contributed by atoms with van der Waals surface area (Å²) in [5.41, 5.74) is 0.361. The third kappa shape index (κ3) is 6.21. The summed E-state index contributed by atoms with van der Waals surface area (Å²) in [4.78, 5) is 24.3. The standard InChI is InChI=1S/C18H22N4O6S2/c1-2-27-13-7-4-3-6-12(13)19-15(23)10-30(25,26)11-16(24)20-18-22-21-17(29-18)14-8-5-9-28-14/h3-4,6-7,14H,2,5,8-11H2,1H3,(H,19,23)(H,20,22,24). The van der Waals surface area contributed by atoms with Crippen LogP contribution in [0.3, 0.4) is 0 Å². The van der Waals surface area contributed by atoms with Gasteiger partial charge in [-0.1, -0.05) is 23.5 Å². The van der Waals surface area contributed by atoms with Gasteiger partial charge < -0.3 is 14.8 Å². The van der Waals surface area contributed by atoms with E-state index in [1.807, 2.05) is 0 Å². The van der Waals surface area contributed by atoms with E-state index in [9.17, 15) is 18.0 Å². The van der Waals surface area contributed by atoms with Crippen molar-refractivity contribution in [3.05, 3.63) is 29.3 Å². The molecule has 10 nitrogen and oxygen atoms in total. The fourth-order valence-electron chi connectivity index (χ4n) is 2.83. The summed E-state index contributed by atoms with van der Waals surface area (Å²) in [6.07, 6.45) is 1.62. The molecule has 2 N–H and O–H groups in total.